The Labute approximate surface area is 138 Å². The SMILES string of the molecule is COc1ccc(CNS(=O)(=O)c2ccccc2)c(C(C)(C)C)c1. The normalized spacial score (nSPS) is 12.2. The van der Waals surface area contributed by atoms with E-state index in [1.54, 1.807) is 37.4 Å². The number of ether oxygens (including phenoxy) is 1. The van der Waals surface area contributed by atoms with E-state index in [0.29, 0.717) is 0 Å². The van der Waals surface area contributed by atoms with Gasteiger partial charge in [0.1, 0.15) is 5.75 Å². The number of hydrogen-bond donors (Lipinski definition) is 1. The Balaban J connectivity index is 2.27. The summed E-state index contributed by atoms with van der Waals surface area (Å²) >= 11 is 0. The van der Waals surface area contributed by atoms with Crippen LogP contribution in [0.15, 0.2) is 53.4 Å². The molecule has 0 unspecified atom stereocenters. The van der Waals surface area contributed by atoms with Crippen LogP contribution in [0.2, 0.25) is 0 Å². The van der Waals surface area contributed by atoms with E-state index in [0.717, 1.165) is 16.9 Å². The van der Waals surface area contributed by atoms with E-state index in [1.807, 2.05) is 18.2 Å². The Morgan fingerprint density at radius 3 is 2.26 bits per heavy atom. The summed E-state index contributed by atoms with van der Waals surface area (Å²) in [6, 6.07) is 14.1. The number of hydrogen-bond acceptors (Lipinski definition) is 3. The fourth-order valence-corrected chi connectivity index (χ4v) is 3.42. The zero-order valence-electron chi connectivity index (χ0n) is 14.0. The van der Waals surface area contributed by atoms with Gasteiger partial charge in [-0.1, -0.05) is 45.0 Å². The first-order chi connectivity index (χ1) is 10.7. The Kier molecular flexibility index (Phi) is 5.12. The number of methoxy groups -OCH3 is 1. The fourth-order valence-electron chi connectivity index (χ4n) is 2.39. The molecule has 0 aliphatic rings. The molecule has 0 aromatic heterocycles. The first-order valence-corrected chi connectivity index (χ1v) is 8.94. The van der Waals surface area contributed by atoms with Gasteiger partial charge >= 0.3 is 0 Å². The zero-order chi connectivity index (χ0) is 17.1. The first kappa shape index (κ1) is 17.5. The van der Waals surface area contributed by atoms with E-state index < -0.39 is 10.0 Å². The molecule has 0 aliphatic heterocycles. The lowest BCUT2D eigenvalue weighted by atomic mass is 9.83. The summed E-state index contributed by atoms with van der Waals surface area (Å²) in [5.74, 6) is 0.768. The maximum atomic E-state index is 12.4. The third kappa shape index (κ3) is 4.33. The minimum atomic E-state index is -3.52. The zero-order valence-corrected chi connectivity index (χ0v) is 14.8. The van der Waals surface area contributed by atoms with Crippen molar-refractivity contribution in [1.29, 1.82) is 0 Å². The summed E-state index contributed by atoms with van der Waals surface area (Å²) in [5.41, 5.74) is 1.90. The van der Waals surface area contributed by atoms with Crippen LogP contribution in [0.1, 0.15) is 31.9 Å². The average Bonchev–Trinajstić information content (AvgIpc) is 2.53. The van der Waals surface area contributed by atoms with Crippen LogP contribution in [0.3, 0.4) is 0 Å². The largest absolute Gasteiger partial charge is 0.497 e. The molecule has 0 saturated carbocycles. The van der Waals surface area contributed by atoms with E-state index in [2.05, 4.69) is 25.5 Å². The van der Waals surface area contributed by atoms with E-state index in [9.17, 15) is 8.42 Å². The van der Waals surface area contributed by atoms with Gasteiger partial charge in [0.05, 0.1) is 12.0 Å². The molecule has 0 heterocycles. The molecule has 124 valence electrons. The van der Waals surface area contributed by atoms with Crippen molar-refractivity contribution in [3.63, 3.8) is 0 Å². The number of sulfonamides is 1. The Bertz CT molecular complexity index is 763. The molecule has 4 nitrogen and oxygen atoms in total. The van der Waals surface area contributed by atoms with Crippen LogP contribution in [-0.4, -0.2) is 15.5 Å². The Hall–Kier alpha value is -1.85. The van der Waals surface area contributed by atoms with Gasteiger partial charge in [0.2, 0.25) is 10.0 Å². The maximum absolute atomic E-state index is 12.4. The molecule has 0 saturated heterocycles. The molecule has 2 rings (SSSR count). The smallest absolute Gasteiger partial charge is 0.240 e. The van der Waals surface area contributed by atoms with Crippen molar-refractivity contribution >= 4 is 10.0 Å². The van der Waals surface area contributed by atoms with Gasteiger partial charge in [-0.25, -0.2) is 13.1 Å². The van der Waals surface area contributed by atoms with Crippen molar-refractivity contribution in [1.82, 2.24) is 4.72 Å². The van der Waals surface area contributed by atoms with Crippen LogP contribution < -0.4 is 9.46 Å². The molecular weight excluding hydrogens is 310 g/mol. The highest BCUT2D eigenvalue weighted by Gasteiger charge is 2.20. The van der Waals surface area contributed by atoms with Gasteiger partial charge in [-0.3, -0.25) is 0 Å². The summed E-state index contributed by atoms with van der Waals surface area (Å²) < 4.78 is 32.7. The van der Waals surface area contributed by atoms with Gasteiger partial charge in [-0.15, -0.1) is 0 Å². The van der Waals surface area contributed by atoms with Gasteiger partial charge in [0, 0.05) is 6.54 Å². The van der Waals surface area contributed by atoms with Crippen molar-refractivity contribution in [2.45, 2.75) is 37.6 Å². The second-order valence-corrected chi connectivity index (χ2v) is 8.18. The molecule has 0 bridgehead atoms. The molecule has 0 aliphatic carbocycles. The predicted octanol–water partition coefficient (Wildman–Crippen LogP) is 3.47. The lowest BCUT2D eigenvalue weighted by Crippen LogP contribution is -2.25. The molecule has 5 heteroatoms. The predicted molar refractivity (Wildman–Crippen MR) is 92.2 cm³/mol. The summed E-state index contributed by atoms with van der Waals surface area (Å²) in [4.78, 5) is 0.269. The van der Waals surface area contributed by atoms with Crippen LogP contribution in [0.5, 0.6) is 5.75 Å². The van der Waals surface area contributed by atoms with Crippen LogP contribution in [-0.2, 0) is 22.0 Å². The summed E-state index contributed by atoms with van der Waals surface area (Å²) in [6.07, 6.45) is 0. The standard InChI is InChI=1S/C18H23NO3S/c1-18(2,3)17-12-15(22-4)11-10-14(17)13-19-23(20,21)16-8-6-5-7-9-16/h5-12,19H,13H2,1-4H3. The van der Waals surface area contributed by atoms with Crippen molar-refractivity contribution in [3.8, 4) is 5.75 Å². The molecule has 0 fully saturated rings. The summed E-state index contributed by atoms with van der Waals surface area (Å²) in [7, 11) is -1.89. The minimum absolute atomic E-state index is 0.109. The molecule has 2 aromatic carbocycles. The molecule has 2 aromatic rings. The highest BCUT2D eigenvalue weighted by Crippen LogP contribution is 2.29. The number of benzene rings is 2. The van der Waals surface area contributed by atoms with Crippen molar-refractivity contribution in [2.24, 2.45) is 0 Å². The van der Waals surface area contributed by atoms with Gasteiger partial charge < -0.3 is 4.74 Å². The second kappa shape index (κ2) is 6.72. The first-order valence-electron chi connectivity index (χ1n) is 7.46. The van der Waals surface area contributed by atoms with Gasteiger partial charge in [-0.2, -0.15) is 0 Å². The van der Waals surface area contributed by atoms with Gasteiger partial charge in [0.25, 0.3) is 0 Å². The molecule has 1 N–H and O–H groups in total. The van der Waals surface area contributed by atoms with Crippen molar-refractivity contribution in [3.05, 3.63) is 59.7 Å². The minimum Gasteiger partial charge on any atom is -0.497 e. The van der Waals surface area contributed by atoms with E-state index in [1.165, 1.54) is 0 Å². The second-order valence-electron chi connectivity index (χ2n) is 6.41. The Morgan fingerprint density at radius 1 is 1.04 bits per heavy atom. The van der Waals surface area contributed by atoms with Crippen LogP contribution in [0.4, 0.5) is 0 Å². The van der Waals surface area contributed by atoms with Gasteiger partial charge in [0.15, 0.2) is 0 Å². The van der Waals surface area contributed by atoms with E-state index in [-0.39, 0.29) is 16.9 Å². The Morgan fingerprint density at radius 2 is 1.70 bits per heavy atom. The number of nitrogens with one attached hydrogen (secondary N) is 1. The number of rotatable bonds is 5. The molecule has 0 atom stereocenters. The third-order valence-corrected chi connectivity index (χ3v) is 5.05. The molecular formula is C18H23NO3S. The quantitative estimate of drug-likeness (QED) is 0.911. The molecule has 0 amide bonds. The van der Waals surface area contributed by atoms with E-state index >= 15 is 0 Å². The topological polar surface area (TPSA) is 55.4 Å². The molecule has 23 heavy (non-hydrogen) atoms. The fraction of sp³-hybridized carbons (Fsp3) is 0.333. The summed E-state index contributed by atoms with van der Waals surface area (Å²) in [5, 5.41) is 0. The lowest BCUT2D eigenvalue weighted by molar-refractivity contribution is 0.412. The maximum Gasteiger partial charge on any atom is 0.240 e. The van der Waals surface area contributed by atoms with Crippen molar-refractivity contribution in [2.75, 3.05) is 7.11 Å². The monoisotopic (exact) mass is 333 g/mol. The average molecular weight is 333 g/mol. The molecule has 0 radical (unpaired) electrons. The lowest BCUT2D eigenvalue weighted by Gasteiger charge is -2.24. The van der Waals surface area contributed by atoms with Crippen LogP contribution in [0.25, 0.3) is 0 Å². The highest BCUT2D eigenvalue weighted by atomic mass is 32.2. The highest BCUT2D eigenvalue weighted by molar-refractivity contribution is 7.89. The summed E-state index contributed by atoms with van der Waals surface area (Å²) in [6.45, 7) is 6.53. The van der Waals surface area contributed by atoms with Crippen molar-refractivity contribution < 1.29 is 13.2 Å². The third-order valence-electron chi connectivity index (χ3n) is 3.63. The van der Waals surface area contributed by atoms with Crippen LogP contribution in [0, 0.1) is 0 Å². The molecule has 0 spiro atoms. The van der Waals surface area contributed by atoms with E-state index in [4.69, 9.17) is 4.74 Å². The van der Waals surface area contributed by atoms with Gasteiger partial charge in [-0.05, 0) is 40.8 Å². The van der Waals surface area contributed by atoms with Crippen LogP contribution >= 0.6 is 0 Å².